The largest absolute Gasteiger partial charge is 0.350 e. The van der Waals surface area contributed by atoms with Gasteiger partial charge < -0.3 is 4.90 Å². The van der Waals surface area contributed by atoms with Crippen LogP contribution in [0.1, 0.15) is 18.3 Å². The van der Waals surface area contributed by atoms with Gasteiger partial charge in [0.25, 0.3) is 0 Å². The lowest BCUT2D eigenvalue weighted by Gasteiger charge is -2.20. The smallest absolute Gasteiger partial charge is 0.163 e. The van der Waals surface area contributed by atoms with E-state index < -0.39 is 0 Å². The maximum Gasteiger partial charge on any atom is 0.163 e. The highest BCUT2D eigenvalue weighted by Crippen LogP contribution is 2.12. The molecule has 5 heteroatoms. The third-order valence-electron chi connectivity index (χ3n) is 2.55. The van der Waals surface area contributed by atoms with Gasteiger partial charge in [-0.15, -0.1) is 10.2 Å². The second-order valence-electron chi connectivity index (χ2n) is 3.72. The van der Waals surface area contributed by atoms with Crippen molar-refractivity contribution in [1.29, 1.82) is 5.26 Å². The van der Waals surface area contributed by atoms with Crippen molar-refractivity contribution in [3.63, 3.8) is 0 Å². The van der Waals surface area contributed by atoms with E-state index in [0.717, 1.165) is 18.1 Å². The molecule has 2 heterocycles. The van der Waals surface area contributed by atoms with Gasteiger partial charge >= 0.3 is 0 Å². The van der Waals surface area contributed by atoms with Crippen molar-refractivity contribution in [3.05, 3.63) is 47.9 Å². The molecule has 90 valence electrons. The average Bonchev–Trinajstić information content (AvgIpc) is 2.46. The van der Waals surface area contributed by atoms with Crippen LogP contribution >= 0.6 is 0 Å². The van der Waals surface area contributed by atoms with Crippen molar-refractivity contribution in [3.8, 4) is 6.07 Å². The maximum absolute atomic E-state index is 8.68. The van der Waals surface area contributed by atoms with Gasteiger partial charge in [-0.25, -0.2) is 0 Å². The fraction of sp³-hybridized carbons (Fsp3) is 0.231. The van der Waals surface area contributed by atoms with E-state index in [1.807, 2.05) is 31.2 Å². The summed E-state index contributed by atoms with van der Waals surface area (Å²) in [6.45, 7) is 3.53. The zero-order chi connectivity index (χ0) is 12.8. The SMILES string of the molecule is CCN(Cc1ccccn1)c1ccc(C#N)nn1. The highest BCUT2D eigenvalue weighted by Gasteiger charge is 2.08. The van der Waals surface area contributed by atoms with Crippen molar-refractivity contribution >= 4 is 5.82 Å². The lowest BCUT2D eigenvalue weighted by atomic mass is 10.3. The second kappa shape index (κ2) is 5.73. The first-order chi connectivity index (χ1) is 8.83. The quantitative estimate of drug-likeness (QED) is 0.813. The Hall–Kier alpha value is -2.48. The summed E-state index contributed by atoms with van der Waals surface area (Å²) in [5.41, 5.74) is 1.30. The molecule has 0 atom stereocenters. The number of hydrogen-bond acceptors (Lipinski definition) is 5. The highest BCUT2D eigenvalue weighted by molar-refractivity contribution is 5.39. The molecule has 18 heavy (non-hydrogen) atoms. The van der Waals surface area contributed by atoms with Crippen molar-refractivity contribution in [2.45, 2.75) is 13.5 Å². The minimum absolute atomic E-state index is 0.327. The van der Waals surface area contributed by atoms with Crippen molar-refractivity contribution in [1.82, 2.24) is 15.2 Å². The first kappa shape index (κ1) is 12.0. The standard InChI is InChI=1S/C13H13N5/c1-2-18(10-12-5-3-4-8-15-12)13-7-6-11(9-14)16-17-13/h3-8H,2,10H2,1H3. The average molecular weight is 239 g/mol. The molecule has 2 aromatic heterocycles. The van der Waals surface area contributed by atoms with Crippen molar-refractivity contribution in [2.75, 3.05) is 11.4 Å². The molecule has 0 aromatic carbocycles. The lowest BCUT2D eigenvalue weighted by molar-refractivity contribution is 0.778. The van der Waals surface area contributed by atoms with Crippen molar-refractivity contribution in [2.24, 2.45) is 0 Å². The molecule has 0 saturated heterocycles. The summed E-state index contributed by atoms with van der Waals surface area (Å²) in [5, 5.41) is 16.6. The molecule has 0 aliphatic heterocycles. The van der Waals surface area contributed by atoms with Gasteiger partial charge in [0.1, 0.15) is 6.07 Å². The molecule has 0 saturated carbocycles. The van der Waals surface area contributed by atoms with Crippen LogP contribution in [0.2, 0.25) is 0 Å². The molecule has 0 amide bonds. The first-order valence-electron chi connectivity index (χ1n) is 5.72. The Morgan fingerprint density at radius 1 is 1.22 bits per heavy atom. The number of anilines is 1. The molecular formula is C13H13N5. The predicted octanol–water partition coefficient (Wildman–Crippen LogP) is 1.77. The van der Waals surface area contributed by atoms with Crippen LogP contribution in [0.3, 0.4) is 0 Å². The molecule has 0 fully saturated rings. The number of pyridine rings is 1. The van der Waals surface area contributed by atoms with E-state index in [1.54, 1.807) is 18.3 Å². The predicted molar refractivity (Wildman–Crippen MR) is 67.7 cm³/mol. The van der Waals surface area contributed by atoms with Crippen LogP contribution in [0.5, 0.6) is 0 Å². The molecule has 2 aromatic rings. The van der Waals surface area contributed by atoms with Crippen LogP contribution < -0.4 is 4.90 Å². The first-order valence-corrected chi connectivity index (χ1v) is 5.72. The molecule has 0 spiro atoms. The molecule has 0 unspecified atom stereocenters. The number of rotatable bonds is 4. The third-order valence-corrected chi connectivity index (χ3v) is 2.55. The molecule has 0 radical (unpaired) electrons. The number of aromatic nitrogens is 3. The minimum Gasteiger partial charge on any atom is -0.350 e. The summed E-state index contributed by atoms with van der Waals surface area (Å²) in [7, 11) is 0. The van der Waals surface area contributed by atoms with Gasteiger partial charge in [0, 0.05) is 12.7 Å². The van der Waals surface area contributed by atoms with Gasteiger partial charge in [0.05, 0.1) is 12.2 Å². The number of nitriles is 1. The van der Waals surface area contributed by atoms with E-state index in [0.29, 0.717) is 12.2 Å². The monoisotopic (exact) mass is 239 g/mol. The fourth-order valence-electron chi connectivity index (χ4n) is 1.60. The molecular weight excluding hydrogens is 226 g/mol. The lowest BCUT2D eigenvalue weighted by Crippen LogP contribution is -2.23. The van der Waals surface area contributed by atoms with Gasteiger partial charge in [-0.1, -0.05) is 6.07 Å². The maximum atomic E-state index is 8.68. The highest BCUT2D eigenvalue weighted by atomic mass is 15.3. The Labute approximate surface area is 106 Å². The summed E-state index contributed by atoms with van der Waals surface area (Å²) in [5.74, 6) is 0.752. The normalized spacial score (nSPS) is 9.78. The van der Waals surface area contributed by atoms with Gasteiger partial charge in [0.15, 0.2) is 11.5 Å². The molecule has 0 N–H and O–H groups in total. The molecule has 0 aliphatic rings. The molecule has 5 nitrogen and oxygen atoms in total. The van der Waals surface area contributed by atoms with E-state index in [1.165, 1.54) is 0 Å². The van der Waals surface area contributed by atoms with Gasteiger partial charge in [-0.3, -0.25) is 4.98 Å². The molecule has 0 bridgehead atoms. The Morgan fingerprint density at radius 2 is 2.11 bits per heavy atom. The van der Waals surface area contributed by atoms with Crippen LogP contribution in [0.15, 0.2) is 36.5 Å². The Bertz CT molecular complexity index is 530. The second-order valence-corrected chi connectivity index (χ2v) is 3.72. The van der Waals surface area contributed by atoms with Crippen molar-refractivity contribution < 1.29 is 0 Å². The van der Waals surface area contributed by atoms with Crippen LogP contribution in [-0.2, 0) is 6.54 Å². The van der Waals surface area contributed by atoms with E-state index in [2.05, 4.69) is 20.1 Å². The Morgan fingerprint density at radius 3 is 2.67 bits per heavy atom. The molecule has 0 aliphatic carbocycles. The zero-order valence-corrected chi connectivity index (χ0v) is 10.1. The van der Waals surface area contributed by atoms with Gasteiger partial charge in [-0.05, 0) is 31.2 Å². The number of hydrogen-bond donors (Lipinski definition) is 0. The summed E-state index contributed by atoms with van der Waals surface area (Å²) in [4.78, 5) is 6.34. The Balaban J connectivity index is 2.15. The third kappa shape index (κ3) is 2.80. The van der Waals surface area contributed by atoms with Gasteiger partial charge in [0.2, 0.25) is 0 Å². The van der Waals surface area contributed by atoms with Crippen LogP contribution in [0.25, 0.3) is 0 Å². The summed E-state index contributed by atoms with van der Waals surface area (Å²) < 4.78 is 0. The topological polar surface area (TPSA) is 65.7 Å². The summed E-state index contributed by atoms with van der Waals surface area (Å²) in [6, 6.07) is 11.3. The Kier molecular flexibility index (Phi) is 3.82. The number of nitrogens with zero attached hydrogens (tertiary/aromatic N) is 5. The van der Waals surface area contributed by atoms with E-state index in [4.69, 9.17) is 5.26 Å². The van der Waals surface area contributed by atoms with E-state index in [9.17, 15) is 0 Å². The van der Waals surface area contributed by atoms with E-state index >= 15 is 0 Å². The molecule has 2 rings (SSSR count). The summed E-state index contributed by atoms with van der Waals surface area (Å²) in [6.07, 6.45) is 1.77. The van der Waals surface area contributed by atoms with E-state index in [-0.39, 0.29) is 0 Å². The van der Waals surface area contributed by atoms with Crippen LogP contribution in [-0.4, -0.2) is 21.7 Å². The van der Waals surface area contributed by atoms with Crippen LogP contribution in [0, 0.1) is 11.3 Å². The van der Waals surface area contributed by atoms with Crippen LogP contribution in [0.4, 0.5) is 5.82 Å². The fourth-order valence-corrected chi connectivity index (χ4v) is 1.60. The minimum atomic E-state index is 0.327. The summed E-state index contributed by atoms with van der Waals surface area (Å²) >= 11 is 0. The van der Waals surface area contributed by atoms with Gasteiger partial charge in [-0.2, -0.15) is 5.26 Å². The zero-order valence-electron chi connectivity index (χ0n) is 10.1.